The summed E-state index contributed by atoms with van der Waals surface area (Å²) < 4.78 is 0. The van der Waals surface area contributed by atoms with Crippen molar-refractivity contribution >= 4 is 17.9 Å². The molecule has 1 rings (SSSR count). The van der Waals surface area contributed by atoms with Gasteiger partial charge in [0.05, 0.1) is 0 Å². The van der Waals surface area contributed by atoms with Crippen LogP contribution in [0.25, 0.3) is 0 Å². The molecule has 0 aliphatic heterocycles. The zero-order valence-corrected chi connectivity index (χ0v) is 11.9. The van der Waals surface area contributed by atoms with Crippen LogP contribution in [0, 0.1) is 0 Å². The third-order valence-electron chi connectivity index (χ3n) is 2.75. The quantitative estimate of drug-likeness (QED) is 0.617. The summed E-state index contributed by atoms with van der Waals surface area (Å²) in [6.45, 7) is 3.73. The number of hydrogen-bond donors (Lipinski definition) is 4. The molecule has 3 amide bonds. The van der Waals surface area contributed by atoms with Gasteiger partial charge in [0.1, 0.15) is 6.04 Å². The summed E-state index contributed by atoms with van der Waals surface area (Å²) in [5.41, 5.74) is 0.450. The Hall–Kier alpha value is -2.57. The Morgan fingerprint density at radius 1 is 1.14 bits per heavy atom. The van der Waals surface area contributed by atoms with E-state index in [-0.39, 0.29) is 5.91 Å². The lowest BCUT2D eigenvalue weighted by atomic mass is 10.1. The number of rotatable bonds is 6. The van der Waals surface area contributed by atoms with E-state index in [2.05, 4.69) is 16.0 Å². The van der Waals surface area contributed by atoms with Crippen LogP contribution in [0.2, 0.25) is 0 Å². The molecule has 1 aromatic carbocycles. The molecule has 1 aromatic rings. The van der Waals surface area contributed by atoms with Gasteiger partial charge in [-0.15, -0.1) is 0 Å². The lowest BCUT2D eigenvalue weighted by Crippen LogP contribution is -2.50. The molecular weight excluding hydrogens is 274 g/mol. The Morgan fingerprint density at radius 3 is 2.29 bits per heavy atom. The number of carboxylic acid groups (broad SMARTS) is 1. The van der Waals surface area contributed by atoms with Crippen LogP contribution < -0.4 is 16.0 Å². The summed E-state index contributed by atoms with van der Waals surface area (Å²) in [6.07, 6.45) is 0. The van der Waals surface area contributed by atoms with E-state index in [4.69, 9.17) is 0 Å². The van der Waals surface area contributed by atoms with Gasteiger partial charge in [-0.1, -0.05) is 30.3 Å². The molecule has 0 saturated carbocycles. The van der Waals surface area contributed by atoms with Crippen molar-refractivity contribution in [3.63, 3.8) is 0 Å². The fourth-order valence-corrected chi connectivity index (χ4v) is 1.70. The zero-order valence-electron chi connectivity index (χ0n) is 11.9. The van der Waals surface area contributed by atoms with E-state index in [0.717, 1.165) is 0 Å². The van der Waals surface area contributed by atoms with Gasteiger partial charge in [0, 0.05) is 6.54 Å². The molecule has 0 aliphatic rings. The van der Waals surface area contributed by atoms with Gasteiger partial charge in [-0.2, -0.15) is 0 Å². The van der Waals surface area contributed by atoms with Crippen LogP contribution in [0.4, 0.5) is 4.79 Å². The van der Waals surface area contributed by atoms with Crippen molar-refractivity contribution in [3.05, 3.63) is 35.9 Å². The third-order valence-corrected chi connectivity index (χ3v) is 2.75. The summed E-state index contributed by atoms with van der Waals surface area (Å²) in [5.74, 6) is -1.51. The Balaban J connectivity index is 2.66. The minimum atomic E-state index is -1.18. The van der Waals surface area contributed by atoms with Gasteiger partial charge in [0.15, 0.2) is 6.04 Å². The molecule has 1 unspecified atom stereocenters. The van der Waals surface area contributed by atoms with Gasteiger partial charge >= 0.3 is 12.0 Å². The number of urea groups is 1. The maximum absolute atomic E-state index is 11.8. The van der Waals surface area contributed by atoms with Crippen LogP contribution >= 0.6 is 0 Å². The summed E-state index contributed by atoms with van der Waals surface area (Å²) in [5, 5.41) is 16.5. The second-order valence-electron chi connectivity index (χ2n) is 4.42. The molecule has 7 heteroatoms. The lowest BCUT2D eigenvalue weighted by molar-refractivity contribution is -0.139. The molecule has 114 valence electrons. The molecule has 21 heavy (non-hydrogen) atoms. The topological polar surface area (TPSA) is 108 Å². The Kier molecular flexibility index (Phi) is 6.19. The van der Waals surface area contributed by atoms with Crippen LogP contribution in [-0.4, -0.2) is 35.6 Å². The number of amides is 3. The van der Waals surface area contributed by atoms with Crippen molar-refractivity contribution in [1.82, 2.24) is 16.0 Å². The maximum atomic E-state index is 11.8. The first-order valence-electron chi connectivity index (χ1n) is 6.58. The number of carbonyl (C=O) groups is 3. The SMILES string of the molecule is CCNC(=O)C(C)NC(=O)N[C@H](C(=O)O)c1ccccc1. The third kappa shape index (κ3) is 5.13. The molecule has 0 spiro atoms. The normalized spacial score (nSPS) is 12.9. The monoisotopic (exact) mass is 293 g/mol. The summed E-state index contributed by atoms with van der Waals surface area (Å²) in [4.78, 5) is 34.5. The van der Waals surface area contributed by atoms with Gasteiger partial charge in [-0.3, -0.25) is 4.79 Å². The van der Waals surface area contributed by atoms with E-state index in [0.29, 0.717) is 12.1 Å². The van der Waals surface area contributed by atoms with Crippen LogP contribution in [0.1, 0.15) is 25.5 Å². The minimum Gasteiger partial charge on any atom is -0.479 e. The first-order chi connectivity index (χ1) is 9.95. The molecular formula is C14H19N3O4. The van der Waals surface area contributed by atoms with Gasteiger partial charge < -0.3 is 21.1 Å². The number of nitrogens with one attached hydrogen (secondary N) is 3. The molecule has 2 atom stereocenters. The fraction of sp³-hybridized carbons (Fsp3) is 0.357. The van der Waals surface area contributed by atoms with Gasteiger partial charge in [-0.05, 0) is 19.4 Å². The van der Waals surface area contributed by atoms with Crippen LogP contribution in [0.3, 0.4) is 0 Å². The molecule has 0 aromatic heterocycles. The molecule has 4 N–H and O–H groups in total. The number of aliphatic carboxylic acids is 1. The maximum Gasteiger partial charge on any atom is 0.330 e. The van der Waals surface area contributed by atoms with Crippen molar-refractivity contribution in [2.24, 2.45) is 0 Å². The lowest BCUT2D eigenvalue weighted by Gasteiger charge is -2.18. The van der Waals surface area contributed by atoms with Gasteiger partial charge in [0.2, 0.25) is 5.91 Å². The van der Waals surface area contributed by atoms with Crippen LogP contribution in [0.5, 0.6) is 0 Å². The smallest absolute Gasteiger partial charge is 0.330 e. The van der Waals surface area contributed by atoms with Crippen LogP contribution in [0.15, 0.2) is 30.3 Å². The first kappa shape index (κ1) is 16.5. The molecule has 0 fully saturated rings. The summed E-state index contributed by atoms with van der Waals surface area (Å²) in [7, 11) is 0. The number of likely N-dealkylation sites (N-methyl/N-ethyl adjacent to an activating group) is 1. The van der Waals surface area contributed by atoms with E-state index >= 15 is 0 Å². The Morgan fingerprint density at radius 2 is 1.76 bits per heavy atom. The average Bonchev–Trinajstić information content (AvgIpc) is 2.45. The highest BCUT2D eigenvalue weighted by atomic mass is 16.4. The summed E-state index contributed by atoms with van der Waals surface area (Å²) >= 11 is 0. The largest absolute Gasteiger partial charge is 0.479 e. The van der Waals surface area contributed by atoms with Gasteiger partial charge in [-0.25, -0.2) is 9.59 Å². The van der Waals surface area contributed by atoms with Crippen molar-refractivity contribution in [2.75, 3.05) is 6.54 Å². The summed E-state index contributed by atoms with van der Waals surface area (Å²) in [6, 6.07) is 5.68. The predicted molar refractivity (Wildman–Crippen MR) is 76.6 cm³/mol. The van der Waals surface area contributed by atoms with E-state index < -0.39 is 24.1 Å². The second kappa shape index (κ2) is 7.88. The van der Waals surface area contributed by atoms with E-state index in [1.807, 2.05) is 0 Å². The van der Waals surface area contributed by atoms with E-state index in [1.54, 1.807) is 37.3 Å². The van der Waals surface area contributed by atoms with Crippen molar-refractivity contribution < 1.29 is 19.5 Å². The molecule has 0 aliphatic carbocycles. The highest BCUT2D eigenvalue weighted by molar-refractivity contribution is 5.88. The number of benzene rings is 1. The van der Waals surface area contributed by atoms with Crippen molar-refractivity contribution in [1.29, 1.82) is 0 Å². The van der Waals surface area contributed by atoms with Gasteiger partial charge in [0.25, 0.3) is 0 Å². The Labute approximate surface area is 122 Å². The number of hydrogen-bond acceptors (Lipinski definition) is 3. The zero-order chi connectivity index (χ0) is 15.8. The van der Waals surface area contributed by atoms with E-state index in [9.17, 15) is 19.5 Å². The first-order valence-corrected chi connectivity index (χ1v) is 6.58. The molecule has 0 saturated heterocycles. The fourth-order valence-electron chi connectivity index (χ4n) is 1.70. The molecule has 0 bridgehead atoms. The van der Waals surface area contributed by atoms with Crippen LogP contribution in [-0.2, 0) is 9.59 Å². The molecule has 0 radical (unpaired) electrons. The van der Waals surface area contributed by atoms with Crippen molar-refractivity contribution in [2.45, 2.75) is 25.9 Å². The minimum absolute atomic E-state index is 0.334. The predicted octanol–water partition coefficient (Wildman–Crippen LogP) is 0.636. The van der Waals surface area contributed by atoms with E-state index in [1.165, 1.54) is 6.92 Å². The number of carboxylic acids is 1. The number of carbonyl (C=O) groups excluding carboxylic acids is 2. The molecule has 0 heterocycles. The standard InChI is InChI=1S/C14H19N3O4/c1-3-15-12(18)9(2)16-14(21)17-11(13(19)20)10-7-5-4-6-8-10/h4-9,11H,3H2,1-2H3,(H,15,18)(H,19,20)(H2,16,17,21)/t9?,11-/m0/s1. The average molecular weight is 293 g/mol. The van der Waals surface area contributed by atoms with Crippen molar-refractivity contribution in [3.8, 4) is 0 Å². The highest BCUT2D eigenvalue weighted by Crippen LogP contribution is 2.12. The molecule has 7 nitrogen and oxygen atoms in total. The second-order valence-corrected chi connectivity index (χ2v) is 4.42. The highest BCUT2D eigenvalue weighted by Gasteiger charge is 2.23. The Bertz CT molecular complexity index is 504.